The lowest BCUT2D eigenvalue weighted by molar-refractivity contribution is -0.137. The van der Waals surface area contributed by atoms with Crippen LogP contribution in [0.5, 0.6) is 0 Å². The van der Waals surface area contributed by atoms with Crippen LogP contribution in [0.15, 0.2) is 67.9 Å². The molecule has 0 saturated carbocycles. The Bertz CT molecular complexity index is 1250. The monoisotopic (exact) mass is 409 g/mol. The number of hydrogen-bond acceptors (Lipinski definition) is 4. The molecule has 6 nitrogen and oxygen atoms in total. The van der Waals surface area contributed by atoms with E-state index in [1.165, 1.54) is 18.6 Å². The maximum absolute atomic E-state index is 13.4. The molecule has 0 saturated heterocycles. The number of fused-ring (bicyclic) bond motifs is 1. The molecule has 0 atom stereocenters. The van der Waals surface area contributed by atoms with Gasteiger partial charge in [-0.15, -0.1) is 0 Å². The first-order valence-electron chi connectivity index (χ1n) is 8.75. The van der Waals surface area contributed by atoms with E-state index in [4.69, 9.17) is 0 Å². The van der Waals surface area contributed by atoms with Crippen molar-refractivity contribution in [2.75, 3.05) is 5.32 Å². The number of aromatic nitrogens is 4. The van der Waals surface area contributed by atoms with Crippen LogP contribution < -0.4 is 5.32 Å². The van der Waals surface area contributed by atoms with Gasteiger partial charge in [0.15, 0.2) is 0 Å². The maximum atomic E-state index is 13.4. The number of nitrogens with zero attached hydrogens (tertiary/aromatic N) is 3. The summed E-state index contributed by atoms with van der Waals surface area (Å²) in [5.74, 6) is -0.606. The van der Waals surface area contributed by atoms with Crippen molar-refractivity contribution in [3.05, 3.63) is 73.5 Å². The summed E-state index contributed by atoms with van der Waals surface area (Å²) in [4.78, 5) is 27.0. The van der Waals surface area contributed by atoms with Gasteiger partial charge < -0.3 is 10.3 Å². The van der Waals surface area contributed by atoms with Crippen molar-refractivity contribution in [2.24, 2.45) is 0 Å². The molecule has 2 N–H and O–H groups in total. The number of pyridine rings is 1. The van der Waals surface area contributed by atoms with Crippen molar-refractivity contribution in [1.29, 1.82) is 0 Å². The predicted octanol–water partition coefficient (Wildman–Crippen LogP) is 4.83. The van der Waals surface area contributed by atoms with Crippen LogP contribution in [-0.4, -0.2) is 25.8 Å². The summed E-state index contributed by atoms with van der Waals surface area (Å²) >= 11 is 0. The van der Waals surface area contributed by atoms with Crippen LogP contribution >= 0.6 is 0 Å². The van der Waals surface area contributed by atoms with Gasteiger partial charge in [-0.2, -0.15) is 13.2 Å². The highest BCUT2D eigenvalue weighted by Crippen LogP contribution is 2.36. The standard InChI is InChI=1S/C21H14F3N5O/c1-2-19(30)29-15-6-12(5-14(8-15)21(22,23)24)13-7-16-17(10-27-20(16)26-9-13)18-3-4-25-11-28-18/h2-11H,1H2,(H,26,27)(H,29,30). The van der Waals surface area contributed by atoms with E-state index in [1.54, 1.807) is 24.5 Å². The third kappa shape index (κ3) is 3.77. The zero-order chi connectivity index (χ0) is 21.3. The number of nitrogens with one attached hydrogen (secondary N) is 2. The fourth-order valence-corrected chi connectivity index (χ4v) is 3.05. The second-order valence-corrected chi connectivity index (χ2v) is 6.41. The van der Waals surface area contributed by atoms with Gasteiger partial charge in [0.2, 0.25) is 5.91 Å². The van der Waals surface area contributed by atoms with Crippen LogP contribution in [0.25, 0.3) is 33.4 Å². The molecule has 0 radical (unpaired) electrons. The van der Waals surface area contributed by atoms with Crippen LogP contribution in [0.3, 0.4) is 0 Å². The first-order valence-corrected chi connectivity index (χ1v) is 8.75. The minimum Gasteiger partial charge on any atom is -0.345 e. The van der Waals surface area contributed by atoms with E-state index in [9.17, 15) is 18.0 Å². The molecule has 4 rings (SSSR count). The summed E-state index contributed by atoms with van der Waals surface area (Å²) in [5, 5.41) is 3.08. The molecular formula is C21H14F3N5O. The van der Waals surface area contributed by atoms with E-state index in [1.807, 2.05) is 0 Å². The first kappa shape index (κ1) is 19.3. The summed E-state index contributed by atoms with van der Waals surface area (Å²) in [6.07, 6.45) is 2.61. The first-order chi connectivity index (χ1) is 14.3. The van der Waals surface area contributed by atoms with Gasteiger partial charge in [0.05, 0.1) is 11.3 Å². The van der Waals surface area contributed by atoms with Crippen molar-refractivity contribution < 1.29 is 18.0 Å². The minimum atomic E-state index is -4.58. The van der Waals surface area contributed by atoms with Crippen molar-refractivity contribution in [3.8, 4) is 22.4 Å². The number of benzene rings is 1. The van der Waals surface area contributed by atoms with E-state index in [-0.39, 0.29) is 11.3 Å². The molecule has 0 spiro atoms. The van der Waals surface area contributed by atoms with Crippen LogP contribution in [-0.2, 0) is 11.0 Å². The van der Waals surface area contributed by atoms with Gasteiger partial charge in [-0.25, -0.2) is 15.0 Å². The number of alkyl halides is 3. The lowest BCUT2D eigenvalue weighted by Crippen LogP contribution is -2.10. The molecule has 1 aromatic carbocycles. The molecule has 0 bridgehead atoms. The highest BCUT2D eigenvalue weighted by atomic mass is 19.4. The Hall–Kier alpha value is -4.01. The fourth-order valence-electron chi connectivity index (χ4n) is 3.05. The topological polar surface area (TPSA) is 83.6 Å². The Morgan fingerprint density at radius 1 is 1.13 bits per heavy atom. The number of aromatic amines is 1. The number of rotatable bonds is 4. The second kappa shape index (κ2) is 7.43. The van der Waals surface area contributed by atoms with Crippen molar-refractivity contribution in [2.45, 2.75) is 6.18 Å². The normalized spacial score (nSPS) is 11.4. The molecule has 0 unspecified atom stereocenters. The molecule has 0 aliphatic rings. The van der Waals surface area contributed by atoms with Gasteiger partial charge in [-0.05, 0) is 42.0 Å². The molecular weight excluding hydrogens is 395 g/mol. The maximum Gasteiger partial charge on any atom is 0.416 e. The molecule has 1 amide bonds. The predicted molar refractivity (Wildman–Crippen MR) is 106 cm³/mol. The van der Waals surface area contributed by atoms with Crippen molar-refractivity contribution >= 4 is 22.6 Å². The third-order valence-corrected chi connectivity index (χ3v) is 4.44. The summed E-state index contributed by atoms with van der Waals surface area (Å²) in [5.41, 5.74) is 1.80. The minimum absolute atomic E-state index is 0.00918. The van der Waals surface area contributed by atoms with Crippen LogP contribution in [0.1, 0.15) is 5.56 Å². The lowest BCUT2D eigenvalue weighted by atomic mass is 10.0. The summed E-state index contributed by atoms with van der Waals surface area (Å²) in [7, 11) is 0. The highest BCUT2D eigenvalue weighted by molar-refractivity contribution is 5.99. The average Bonchev–Trinajstić information content (AvgIpc) is 3.16. The van der Waals surface area contributed by atoms with E-state index < -0.39 is 17.6 Å². The van der Waals surface area contributed by atoms with E-state index in [0.717, 1.165) is 23.8 Å². The third-order valence-electron chi connectivity index (χ3n) is 4.44. The summed E-state index contributed by atoms with van der Waals surface area (Å²) in [6.45, 7) is 3.32. The molecule has 3 heterocycles. The molecule has 0 aliphatic carbocycles. The van der Waals surface area contributed by atoms with Crippen molar-refractivity contribution in [3.63, 3.8) is 0 Å². The number of amides is 1. The Morgan fingerprint density at radius 3 is 2.67 bits per heavy atom. The summed E-state index contributed by atoms with van der Waals surface area (Å²) < 4.78 is 40.2. The van der Waals surface area contributed by atoms with E-state index >= 15 is 0 Å². The molecule has 150 valence electrons. The smallest absolute Gasteiger partial charge is 0.345 e. The SMILES string of the molecule is C=CC(=O)Nc1cc(-c2cnc3[nH]cc(-c4ccncn4)c3c2)cc(C(F)(F)F)c1. The Balaban J connectivity index is 1.85. The molecule has 30 heavy (non-hydrogen) atoms. The average molecular weight is 409 g/mol. The number of halogens is 3. The van der Waals surface area contributed by atoms with Gasteiger partial charge in [0, 0.05) is 40.8 Å². The van der Waals surface area contributed by atoms with Gasteiger partial charge in [-0.1, -0.05) is 6.58 Å². The van der Waals surface area contributed by atoms with Gasteiger partial charge in [0.1, 0.15) is 12.0 Å². The number of carbonyl (C=O) groups excluding carboxylic acids is 1. The fraction of sp³-hybridized carbons (Fsp3) is 0.0476. The van der Waals surface area contributed by atoms with Gasteiger partial charge >= 0.3 is 6.18 Å². The van der Waals surface area contributed by atoms with Crippen LogP contribution in [0.4, 0.5) is 18.9 Å². The van der Waals surface area contributed by atoms with Crippen LogP contribution in [0.2, 0.25) is 0 Å². The second-order valence-electron chi connectivity index (χ2n) is 6.41. The molecule has 9 heteroatoms. The Labute approximate surface area is 168 Å². The van der Waals surface area contributed by atoms with Crippen LogP contribution in [0, 0.1) is 0 Å². The van der Waals surface area contributed by atoms with Gasteiger partial charge in [-0.3, -0.25) is 4.79 Å². The zero-order valence-electron chi connectivity index (χ0n) is 15.4. The Morgan fingerprint density at radius 2 is 1.97 bits per heavy atom. The number of hydrogen-bond donors (Lipinski definition) is 2. The lowest BCUT2D eigenvalue weighted by Gasteiger charge is -2.13. The number of carbonyl (C=O) groups is 1. The quantitative estimate of drug-likeness (QED) is 0.473. The molecule has 0 fully saturated rings. The highest BCUT2D eigenvalue weighted by Gasteiger charge is 2.31. The molecule has 3 aromatic heterocycles. The molecule has 0 aliphatic heterocycles. The van der Waals surface area contributed by atoms with E-state index in [0.29, 0.717) is 22.3 Å². The summed E-state index contributed by atoms with van der Waals surface area (Å²) in [6, 6.07) is 6.80. The largest absolute Gasteiger partial charge is 0.416 e. The van der Waals surface area contributed by atoms with Gasteiger partial charge in [0.25, 0.3) is 0 Å². The molecule has 4 aromatic rings. The number of H-pyrrole nitrogens is 1. The Kier molecular flexibility index (Phi) is 4.78. The number of anilines is 1. The zero-order valence-corrected chi connectivity index (χ0v) is 15.4. The van der Waals surface area contributed by atoms with Crippen molar-refractivity contribution in [1.82, 2.24) is 19.9 Å². The van der Waals surface area contributed by atoms with E-state index in [2.05, 4.69) is 31.8 Å².